The Morgan fingerprint density at radius 1 is 1.17 bits per heavy atom. The molecule has 3 aromatic heterocycles. The van der Waals surface area contributed by atoms with Crippen molar-refractivity contribution in [1.82, 2.24) is 40.1 Å². The predicted octanol–water partition coefficient (Wildman–Crippen LogP) is 5.21. The van der Waals surface area contributed by atoms with Crippen molar-refractivity contribution in [3.05, 3.63) is 58.2 Å². The lowest BCUT2D eigenvalue weighted by Crippen LogP contribution is -2.62. The minimum absolute atomic E-state index is 0.0872. The Bertz CT molecular complexity index is 2490. The van der Waals surface area contributed by atoms with E-state index in [1.807, 2.05) is 37.1 Å². The van der Waals surface area contributed by atoms with E-state index in [0.29, 0.717) is 69.7 Å². The van der Waals surface area contributed by atoms with E-state index in [1.165, 1.54) is 21.2 Å². The Hall–Kier alpha value is -5.47. The Labute approximate surface area is 385 Å². The lowest BCUT2D eigenvalue weighted by Gasteiger charge is -2.37. The second-order valence-corrected chi connectivity index (χ2v) is 19.5. The van der Waals surface area contributed by atoms with Gasteiger partial charge < -0.3 is 24.3 Å². The molecule has 3 amide bonds. The van der Waals surface area contributed by atoms with Gasteiger partial charge >= 0.3 is 5.97 Å². The number of hydrogen-bond donors (Lipinski definition) is 2. The summed E-state index contributed by atoms with van der Waals surface area (Å²) in [5.41, 5.74) is 9.29. The number of nitrogens with one attached hydrogen (secondary N) is 2. The molecule has 4 aromatic rings. The summed E-state index contributed by atoms with van der Waals surface area (Å²) in [5, 5.41) is 8.14. The average molecular weight is 907 g/mol. The van der Waals surface area contributed by atoms with Crippen LogP contribution in [0.1, 0.15) is 83.2 Å². The fourth-order valence-corrected chi connectivity index (χ4v) is 10.4. The van der Waals surface area contributed by atoms with Crippen LogP contribution in [-0.2, 0) is 52.8 Å². The first-order valence-corrected chi connectivity index (χ1v) is 23.6. The van der Waals surface area contributed by atoms with E-state index in [-0.39, 0.29) is 36.9 Å². The number of fused-ring (bicyclic) bond motifs is 6. The summed E-state index contributed by atoms with van der Waals surface area (Å²) in [6.07, 6.45) is 4.38. The Morgan fingerprint density at radius 3 is 2.71 bits per heavy atom. The molecular weight excluding hydrogens is 845 g/mol. The fraction of sp³-hybridized carbons (Fsp3) is 0.531. The quantitative estimate of drug-likeness (QED) is 0.122. The van der Waals surface area contributed by atoms with Crippen molar-refractivity contribution in [3.8, 4) is 34.4 Å². The fourth-order valence-electron chi connectivity index (χ4n) is 9.55. The van der Waals surface area contributed by atoms with Gasteiger partial charge in [-0.2, -0.15) is 0 Å². The van der Waals surface area contributed by atoms with E-state index < -0.39 is 41.3 Å². The number of cyclic esters (lactones) is 1. The molecule has 0 radical (unpaired) electrons. The van der Waals surface area contributed by atoms with Crippen molar-refractivity contribution >= 4 is 52.2 Å². The average Bonchev–Trinajstić information content (AvgIpc) is 4.05. The van der Waals surface area contributed by atoms with Gasteiger partial charge in [-0.25, -0.2) is 10.4 Å². The number of likely N-dealkylation sites (N-methyl/N-ethyl adjacent to an activating group) is 1. The number of methoxy groups -OCH3 is 1. The number of benzene rings is 1. The first kappa shape index (κ1) is 47.5. The number of ether oxygens (including phenoxy) is 2. The molecule has 2 N–H and O–H groups in total. The molecule has 3 aliphatic rings. The topological polar surface area (TPSA) is 168 Å². The van der Waals surface area contributed by atoms with E-state index in [1.54, 1.807) is 20.4 Å². The molecule has 5 unspecified atom stereocenters. The highest BCUT2D eigenvalue weighted by atomic mass is 32.1. The first-order chi connectivity index (χ1) is 31.1. The van der Waals surface area contributed by atoms with E-state index in [9.17, 15) is 24.0 Å². The second-order valence-electron chi connectivity index (χ2n) is 18.6. The highest BCUT2D eigenvalue weighted by Crippen LogP contribution is 2.42. The molecule has 65 heavy (non-hydrogen) atoms. The number of carbonyl (C=O) groups excluding carboxylic acids is 5. The number of aldehydes is 1. The largest absolute Gasteiger partial charge is 0.464 e. The third kappa shape index (κ3) is 10.3. The van der Waals surface area contributed by atoms with Gasteiger partial charge in [0.1, 0.15) is 18.1 Å². The summed E-state index contributed by atoms with van der Waals surface area (Å²) in [7, 11) is 3.32. The summed E-state index contributed by atoms with van der Waals surface area (Å²) in [5.74, 6) is 3.11. The van der Waals surface area contributed by atoms with Gasteiger partial charge in [-0.05, 0) is 87.7 Å². The SMILES string of the molecule is CCn1c(-c2cccnc2C(C)OC)c2c3cc(ccc31)-c1csc(n1)CC(NC(=O)C(C(C)C)N(C)C(=O)C1CCN(CC#CC=O)C1)C(=O)N1CCCC(N1)C(=O)OCC(C)(C)C2. The molecule has 0 spiro atoms. The smallest absolute Gasteiger partial charge is 0.324 e. The molecule has 15 nitrogen and oxygen atoms in total. The number of hydrogen-bond acceptors (Lipinski definition) is 12. The van der Waals surface area contributed by atoms with Crippen molar-refractivity contribution in [3.63, 3.8) is 0 Å². The Morgan fingerprint density at radius 2 is 1.97 bits per heavy atom. The molecule has 2 saturated heterocycles. The molecule has 6 heterocycles. The van der Waals surface area contributed by atoms with Crippen molar-refractivity contribution in [2.75, 3.05) is 46.9 Å². The van der Waals surface area contributed by atoms with Gasteiger partial charge in [-0.15, -0.1) is 11.3 Å². The maximum Gasteiger partial charge on any atom is 0.324 e. The maximum absolute atomic E-state index is 14.6. The summed E-state index contributed by atoms with van der Waals surface area (Å²) in [4.78, 5) is 80.9. The standard InChI is InChI=1S/C49H62N8O7S/c1-9-56-40-17-16-32-24-35(40)36(44(56)34-14-12-19-50-42(34)31(4)63-8)26-49(5,6)29-64-48(62)37-15-13-21-57(53-37)47(61)38(25-41-51-39(32)28-65-41)52-45(59)43(30(2)3)54(7)46(60)33-18-22-55(27-33)20-10-11-23-58/h12,14,16-17,19,23-24,28,30-31,33,37-38,43,53H,9,13,15,18,20-22,25-27,29H2,1-8H3,(H,52,59). The summed E-state index contributed by atoms with van der Waals surface area (Å²) < 4.78 is 14.2. The van der Waals surface area contributed by atoms with Crippen LogP contribution in [0.3, 0.4) is 0 Å². The van der Waals surface area contributed by atoms with Crippen LogP contribution in [0, 0.1) is 29.1 Å². The van der Waals surface area contributed by atoms with Gasteiger partial charge in [0.15, 0.2) is 6.29 Å². The molecule has 16 heteroatoms. The van der Waals surface area contributed by atoms with Crippen LogP contribution in [0.2, 0.25) is 0 Å². The number of hydrazine groups is 1. The zero-order chi connectivity index (χ0) is 46.6. The van der Waals surface area contributed by atoms with Crippen molar-refractivity contribution in [2.45, 2.75) is 104 Å². The maximum atomic E-state index is 14.6. The number of aryl methyl sites for hydroxylation is 1. The molecule has 1 aromatic carbocycles. The van der Waals surface area contributed by atoms with Crippen LogP contribution in [0.25, 0.3) is 33.4 Å². The van der Waals surface area contributed by atoms with E-state index in [0.717, 1.165) is 44.7 Å². The van der Waals surface area contributed by atoms with Gasteiger partial charge in [0.25, 0.3) is 5.91 Å². The Kier molecular flexibility index (Phi) is 14.9. The number of likely N-dealkylation sites (tertiary alicyclic amines) is 1. The van der Waals surface area contributed by atoms with Gasteiger partial charge in [0, 0.05) is 79.2 Å². The van der Waals surface area contributed by atoms with Crippen LogP contribution in [0.5, 0.6) is 0 Å². The third-order valence-corrected chi connectivity index (χ3v) is 13.8. The zero-order valence-corrected chi connectivity index (χ0v) is 39.6. The molecule has 0 saturated carbocycles. The van der Waals surface area contributed by atoms with Crippen molar-refractivity contribution < 1.29 is 33.4 Å². The number of carbonyl (C=O) groups is 5. The summed E-state index contributed by atoms with van der Waals surface area (Å²) in [6, 6.07) is 7.70. The first-order valence-electron chi connectivity index (χ1n) is 22.7. The van der Waals surface area contributed by atoms with Crippen molar-refractivity contribution in [1.29, 1.82) is 0 Å². The number of nitrogens with zero attached hydrogens (tertiary/aromatic N) is 6. The molecule has 7 rings (SSSR count). The van der Waals surface area contributed by atoms with Crippen molar-refractivity contribution in [2.24, 2.45) is 17.3 Å². The molecule has 5 atom stereocenters. The van der Waals surface area contributed by atoms with E-state index in [2.05, 4.69) is 72.2 Å². The summed E-state index contributed by atoms with van der Waals surface area (Å²) in [6.45, 7) is 14.7. The normalized spacial score (nSPS) is 21.2. The zero-order valence-electron chi connectivity index (χ0n) is 38.8. The molecule has 2 fully saturated rings. The van der Waals surface area contributed by atoms with Gasteiger partial charge in [-0.1, -0.05) is 39.7 Å². The Balaban J connectivity index is 1.25. The number of thiazole rings is 1. The third-order valence-electron chi connectivity index (χ3n) is 12.9. The van der Waals surface area contributed by atoms with E-state index >= 15 is 0 Å². The van der Waals surface area contributed by atoms with E-state index in [4.69, 9.17) is 19.4 Å². The highest BCUT2D eigenvalue weighted by molar-refractivity contribution is 7.10. The van der Waals surface area contributed by atoms with Crippen LogP contribution >= 0.6 is 11.3 Å². The number of rotatable bonds is 10. The van der Waals surface area contributed by atoms with Gasteiger partial charge in [0.2, 0.25) is 11.8 Å². The summed E-state index contributed by atoms with van der Waals surface area (Å²) >= 11 is 1.41. The van der Waals surface area contributed by atoms with Gasteiger partial charge in [0.05, 0.1) is 47.3 Å². The van der Waals surface area contributed by atoms with Crippen LogP contribution in [0.4, 0.5) is 0 Å². The highest BCUT2D eigenvalue weighted by Gasteiger charge is 2.40. The minimum atomic E-state index is -1.07. The minimum Gasteiger partial charge on any atom is -0.464 e. The number of amides is 3. The lowest BCUT2D eigenvalue weighted by atomic mass is 9.84. The monoisotopic (exact) mass is 906 g/mol. The molecule has 346 valence electrons. The van der Waals surface area contributed by atoms with Crippen LogP contribution < -0.4 is 10.7 Å². The lowest BCUT2D eigenvalue weighted by molar-refractivity contribution is -0.155. The number of aromatic nitrogens is 3. The van der Waals surface area contributed by atoms with Crippen LogP contribution in [-0.4, -0.2) is 124 Å². The van der Waals surface area contributed by atoms with Gasteiger partial charge in [-0.3, -0.25) is 38.9 Å². The number of esters is 1. The number of pyridine rings is 1. The molecular formula is C49H62N8O7S. The molecule has 3 aliphatic heterocycles. The predicted molar refractivity (Wildman–Crippen MR) is 249 cm³/mol. The van der Waals surface area contributed by atoms with Crippen LogP contribution in [0.15, 0.2) is 41.9 Å². The molecule has 0 aliphatic carbocycles. The molecule has 6 bridgehead atoms. The second kappa shape index (κ2) is 20.4.